The summed E-state index contributed by atoms with van der Waals surface area (Å²) in [5, 5.41) is 15.4. The van der Waals surface area contributed by atoms with E-state index in [1.54, 1.807) is 0 Å². The Labute approximate surface area is 199 Å². The van der Waals surface area contributed by atoms with Crippen LogP contribution in [0.2, 0.25) is 5.02 Å². The van der Waals surface area contributed by atoms with Crippen LogP contribution in [0.4, 0.5) is 23.2 Å². The van der Waals surface area contributed by atoms with E-state index in [0.717, 1.165) is 0 Å². The first-order valence-corrected chi connectivity index (χ1v) is 11.3. The number of rotatable bonds is 3. The van der Waals surface area contributed by atoms with E-state index < -0.39 is 60.6 Å². The lowest BCUT2D eigenvalue weighted by Crippen LogP contribution is -2.39. The molecule has 1 aliphatic heterocycles. The van der Waals surface area contributed by atoms with Crippen LogP contribution in [0.5, 0.6) is 0 Å². The van der Waals surface area contributed by atoms with Crippen molar-refractivity contribution in [2.45, 2.75) is 37.6 Å². The van der Waals surface area contributed by atoms with Gasteiger partial charge in [-0.05, 0) is 49.6 Å². The van der Waals surface area contributed by atoms with Crippen LogP contribution in [0.3, 0.4) is 0 Å². The number of fused-ring (bicyclic) bond motifs is 1. The van der Waals surface area contributed by atoms with Gasteiger partial charge in [-0.3, -0.25) is 9.59 Å². The summed E-state index contributed by atoms with van der Waals surface area (Å²) >= 11 is 9.50. The Morgan fingerprint density at radius 2 is 1.91 bits per heavy atom. The summed E-state index contributed by atoms with van der Waals surface area (Å²) in [5.74, 6) is -4.61. The number of halogens is 6. The molecule has 1 heterocycles. The molecule has 1 fully saturated rings. The molecule has 2 amide bonds. The minimum Gasteiger partial charge on any atom is -0.393 e. The van der Waals surface area contributed by atoms with E-state index in [-0.39, 0.29) is 28.3 Å². The van der Waals surface area contributed by atoms with Crippen LogP contribution in [0.15, 0.2) is 34.8 Å². The third-order valence-electron chi connectivity index (χ3n) is 6.00. The number of amides is 2. The Balaban J connectivity index is 1.68. The average molecular weight is 550 g/mol. The van der Waals surface area contributed by atoms with Gasteiger partial charge >= 0.3 is 6.18 Å². The number of hydrogen-bond donors (Lipinski definition) is 3. The number of aliphatic hydroxyl groups is 1. The standard InChI is InChI=1S/C22H18BrClF4N2O3/c23-11-6-15-18(19(30-21(15)33)14-8-12(25)1-2-16(14)24)17(7-11)29-20(32)9-3-10(22(26,27)28)5-13(31)4-9/h1-2,6-10,13,19,31H,3-5H2,(H,29,32)(H,30,33)/t9-,10+,13+,19-/m1/s1. The van der Waals surface area contributed by atoms with Gasteiger partial charge in [-0.25, -0.2) is 4.39 Å². The van der Waals surface area contributed by atoms with Gasteiger partial charge in [-0.1, -0.05) is 27.5 Å². The van der Waals surface area contributed by atoms with Crippen molar-refractivity contribution in [3.63, 3.8) is 0 Å². The van der Waals surface area contributed by atoms with Gasteiger partial charge in [0.15, 0.2) is 0 Å². The van der Waals surface area contributed by atoms with E-state index in [1.165, 1.54) is 30.3 Å². The van der Waals surface area contributed by atoms with Gasteiger partial charge in [0.25, 0.3) is 5.91 Å². The maximum absolute atomic E-state index is 13.9. The Bertz CT molecular complexity index is 1130. The van der Waals surface area contributed by atoms with Gasteiger partial charge in [-0.2, -0.15) is 13.2 Å². The zero-order valence-electron chi connectivity index (χ0n) is 16.8. The molecule has 1 saturated carbocycles. The molecular weight excluding hydrogens is 532 g/mol. The lowest BCUT2D eigenvalue weighted by atomic mass is 9.79. The fourth-order valence-corrected chi connectivity index (χ4v) is 5.16. The lowest BCUT2D eigenvalue weighted by molar-refractivity contribution is -0.194. The summed E-state index contributed by atoms with van der Waals surface area (Å²) < 4.78 is 54.0. The Morgan fingerprint density at radius 3 is 2.61 bits per heavy atom. The van der Waals surface area contributed by atoms with Crippen LogP contribution in [0.25, 0.3) is 0 Å². The molecule has 11 heteroatoms. The number of hydrogen-bond acceptors (Lipinski definition) is 3. The molecule has 5 nitrogen and oxygen atoms in total. The highest BCUT2D eigenvalue weighted by atomic mass is 79.9. The maximum atomic E-state index is 13.9. The van der Waals surface area contributed by atoms with Gasteiger partial charge in [0, 0.05) is 37.8 Å². The highest BCUT2D eigenvalue weighted by Gasteiger charge is 2.46. The minimum atomic E-state index is -4.52. The number of anilines is 1. The minimum absolute atomic E-state index is 0.106. The highest BCUT2D eigenvalue weighted by molar-refractivity contribution is 9.10. The molecule has 0 saturated heterocycles. The summed E-state index contributed by atoms with van der Waals surface area (Å²) in [6.07, 6.45) is -6.77. The SMILES string of the molecule is O=C1N[C@H](c2cc(F)ccc2Cl)c2c(NC(=O)[C@H]3C[C@H](O)C[C@@H](C(F)(F)F)C3)cc(Br)cc21. The smallest absolute Gasteiger partial charge is 0.391 e. The Hall–Kier alpha value is -2.17. The van der Waals surface area contributed by atoms with E-state index in [0.29, 0.717) is 10.0 Å². The summed E-state index contributed by atoms with van der Waals surface area (Å²) in [6.45, 7) is 0. The quantitative estimate of drug-likeness (QED) is 0.452. The zero-order valence-corrected chi connectivity index (χ0v) is 19.2. The monoisotopic (exact) mass is 548 g/mol. The summed E-state index contributed by atoms with van der Waals surface area (Å²) in [6, 6.07) is 5.84. The third kappa shape index (κ3) is 4.88. The van der Waals surface area contributed by atoms with Gasteiger partial charge in [0.2, 0.25) is 5.91 Å². The van der Waals surface area contributed by atoms with E-state index in [9.17, 15) is 32.3 Å². The van der Waals surface area contributed by atoms with Crippen LogP contribution in [0, 0.1) is 17.7 Å². The van der Waals surface area contributed by atoms with Gasteiger partial charge in [0.05, 0.1) is 18.1 Å². The first-order chi connectivity index (χ1) is 15.4. The van der Waals surface area contributed by atoms with Crippen molar-refractivity contribution in [3.8, 4) is 0 Å². The zero-order chi connectivity index (χ0) is 24.1. The molecule has 0 unspecified atom stereocenters. The topological polar surface area (TPSA) is 78.4 Å². The Kier molecular flexibility index (Phi) is 6.45. The van der Waals surface area contributed by atoms with E-state index in [1.807, 2.05) is 0 Å². The number of alkyl halides is 3. The van der Waals surface area contributed by atoms with Crippen LogP contribution >= 0.6 is 27.5 Å². The fraction of sp³-hybridized carbons (Fsp3) is 0.364. The average Bonchev–Trinajstić information content (AvgIpc) is 3.05. The van der Waals surface area contributed by atoms with Crippen LogP contribution in [0.1, 0.15) is 46.8 Å². The second kappa shape index (κ2) is 8.88. The Morgan fingerprint density at radius 1 is 1.18 bits per heavy atom. The molecule has 4 atom stereocenters. The molecule has 0 aromatic heterocycles. The van der Waals surface area contributed by atoms with Crippen molar-refractivity contribution >= 4 is 45.0 Å². The molecular formula is C22H18BrClF4N2O3. The second-order valence-corrected chi connectivity index (χ2v) is 9.60. The number of carbonyl (C=O) groups is 2. The van der Waals surface area contributed by atoms with Crippen molar-refractivity contribution < 1.29 is 32.3 Å². The first kappa shape index (κ1) is 24.0. The van der Waals surface area contributed by atoms with Crippen molar-refractivity contribution in [3.05, 3.63) is 62.3 Å². The largest absolute Gasteiger partial charge is 0.393 e. The van der Waals surface area contributed by atoms with E-state index in [4.69, 9.17) is 11.6 Å². The van der Waals surface area contributed by atoms with Gasteiger partial charge in [0.1, 0.15) is 5.82 Å². The number of carbonyl (C=O) groups excluding carboxylic acids is 2. The highest BCUT2D eigenvalue weighted by Crippen LogP contribution is 2.43. The molecule has 0 radical (unpaired) electrons. The summed E-state index contributed by atoms with van der Waals surface area (Å²) in [5.41, 5.74) is 0.984. The molecule has 2 aromatic rings. The van der Waals surface area contributed by atoms with Crippen LogP contribution in [-0.2, 0) is 4.79 Å². The van der Waals surface area contributed by atoms with E-state index in [2.05, 4.69) is 26.6 Å². The maximum Gasteiger partial charge on any atom is 0.391 e. The second-order valence-electron chi connectivity index (χ2n) is 8.27. The molecule has 2 aromatic carbocycles. The van der Waals surface area contributed by atoms with Crippen molar-refractivity contribution in [1.29, 1.82) is 0 Å². The molecule has 3 N–H and O–H groups in total. The fourth-order valence-electron chi connectivity index (χ4n) is 4.48. The lowest BCUT2D eigenvalue weighted by Gasteiger charge is -2.33. The molecule has 1 aliphatic carbocycles. The third-order valence-corrected chi connectivity index (χ3v) is 6.80. The summed E-state index contributed by atoms with van der Waals surface area (Å²) in [7, 11) is 0. The van der Waals surface area contributed by atoms with Gasteiger partial charge < -0.3 is 15.7 Å². The molecule has 2 aliphatic rings. The van der Waals surface area contributed by atoms with Crippen LogP contribution in [-0.4, -0.2) is 29.2 Å². The molecule has 176 valence electrons. The molecule has 0 bridgehead atoms. The number of nitrogens with one attached hydrogen (secondary N) is 2. The van der Waals surface area contributed by atoms with E-state index >= 15 is 0 Å². The van der Waals surface area contributed by atoms with Crippen molar-refractivity contribution in [1.82, 2.24) is 5.32 Å². The predicted molar refractivity (Wildman–Crippen MR) is 116 cm³/mol. The van der Waals surface area contributed by atoms with Crippen molar-refractivity contribution in [2.24, 2.45) is 11.8 Å². The molecule has 0 spiro atoms. The van der Waals surface area contributed by atoms with Gasteiger partial charge in [-0.15, -0.1) is 0 Å². The van der Waals surface area contributed by atoms with Crippen LogP contribution < -0.4 is 10.6 Å². The first-order valence-electron chi connectivity index (χ1n) is 10.1. The number of aliphatic hydroxyl groups excluding tert-OH is 1. The predicted octanol–water partition coefficient (Wildman–Crippen LogP) is 5.35. The molecule has 33 heavy (non-hydrogen) atoms. The summed E-state index contributed by atoms with van der Waals surface area (Å²) in [4.78, 5) is 25.5. The molecule has 4 rings (SSSR count). The normalized spacial score (nSPS) is 24.9. The van der Waals surface area contributed by atoms with Crippen molar-refractivity contribution in [2.75, 3.05) is 5.32 Å². The number of benzene rings is 2.